The van der Waals surface area contributed by atoms with Crippen molar-refractivity contribution < 1.29 is 18.2 Å². The first-order chi connectivity index (χ1) is 7.16. The summed E-state index contributed by atoms with van der Waals surface area (Å²) in [5.74, 6) is 1.44. The zero-order valence-corrected chi connectivity index (χ0v) is 9.12. The van der Waals surface area contributed by atoms with Gasteiger partial charge in [0.2, 0.25) is 6.79 Å². The quantitative estimate of drug-likeness (QED) is 0.798. The molecule has 0 amide bonds. The Bertz CT molecular complexity index is 391. The van der Waals surface area contributed by atoms with Crippen LogP contribution in [0.2, 0.25) is 0 Å². The summed E-state index contributed by atoms with van der Waals surface area (Å²) in [4.78, 5) is 0. The standard InChI is InChI=1S/C10H12O4S/c1-7(15(11)12)4-8-2-3-9-10(5-8)14-6-13-9/h2-3,5,7H,4,6H2,1H3,(H,11,12). The van der Waals surface area contributed by atoms with E-state index in [1.54, 1.807) is 6.92 Å². The predicted octanol–water partition coefficient (Wildman–Crippen LogP) is 1.57. The SMILES string of the molecule is CC(Cc1ccc2c(c1)OCO2)S(=O)O. The maximum Gasteiger partial charge on any atom is 0.231 e. The molecule has 1 heterocycles. The molecule has 0 aromatic heterocycles. The predicted molar refractivity (Wildman–Crippen MR) is 56.5 cm³/mol. The Kier molecular flexibility index (Phi) is 2.93. The summed E-state index contributed by atoms with van der Waals surface area (Å²) in [6.45, 7) is 1.99. The lowest BCUT2D eigenvalue weighted by Crippen LogP contribution is -2.12. The van der Waals surface area contributed by atoms with Crippen molar-refractivity contribution in [2.75, 3.05) is 6.79 Å². The summed E-state index contributed by atoms with van der Waals surface area (Å²) in [5, 5.41) is -0.273. The Balaban J connectivity index is 2.13. The van der Waals surface area contributed by atoms with E-state index in [0.29, 0.717) is 12.2 Å². The topological polar surface area (TPSA) is 55.8 Å². The molecule has 0 radical (unpaired) electrons. The van der Waals surface area contributed by atoms with Crippen molar-refractivity contribution in [2.45, 2.75) is 18.6 Å². The van der Waals surface area contributed by atoms with Gasteiger partial charge in [-0.05, 0) is 31.0 Å². The third-order valence-electron chi connectivity index (χ3n) is 2.30. The molecule has 4 nitrogen and oxygen atoms in total. The van der Waals surface area contributed by atoms with Crippen molar-refractivity contribution in [1.82, 2.24) is 0 Å². The molecule has 1 aromatic rings. The fourth-order valence-corrected chi connectivity index (χ4v) is 1.81. The van der Waals surface area contributed by atoms with Gasteiger partial charge in [-0.1, -0.05) is 6.07 Å². The molecular formula is C10H12O4S. The summed E-state index contributed by atoms with van der Waals surface area (Å²) >= 11 is -1.78. The van der Waals surface area contributed by atoms with Gasteiger partial charge in [-0.3, -0.25) is 0 Å². The second-order valence-corrected chi connectivity index (χ2v) is 4.84. The van der Waals surface area contributed by atoms with Gasteiger partial charge in [0, 0.05) is 0 Å². The third kappa shape index (κ3) is 2.30. The molecule has 1 aromatic carbocycles. The van der Waals surface area contributed by atoms with E-state index in [1.807, 2.05) is 18.2 Å². The second-order valence-electron chi connectivity index (χ2n) is 3.48. The lowest BCUT2D eigenvalue weighted by Gasteiger charge is -2.07. The fraction of sp³-hybridized carbons (Fsp3) is 0.400. The van der Waals surface area contributed by atoms with Gasteiger partial charge in [0.1, 0.15) is 0 Å². The average Bonchev–Trinajstić information content (AvgIpc) is 2.64. The minimum Gasteiger partial charge on any atom is -0.454 e. The van der Waals surface area contributed by atoms with Crippen molar-refractivity contribution in [3.8, 4) is 11.5 Å². The molecule has 1 aliphatic heterocycles. The largest absolute Gasteiger partial charge is 0.454 e. The Morgan fingerprint density at radius 3 is 2.93 bits per heavy atom. The Hall–Kier alpha value is -1.07. The van der Waals surface area contributed by atoms with Crippen molar-refractivity contribution >= 4 is 11.1 Å². The van der Waals surface area contributed by atoms with Gasteiger partial charge in [0.25, 0.3) is 0 Å². The molecular weight excluding hydrogens is 216 g/mol. The smallest absolute Gasteiger partial charge is 0.231 e. The van der Waals surface area contributed by atoms with Crippen molar-refractivity contribution in [1.29, 1.82) is 0 Å². The lowest BCUT2D eigenvalue weighted by atomic mass is 10.1. The van der Waals surface area contributed by atoms with E-state index in [0.717, 1.165) is 11.3 Å². The van der Waals surface area contributed by atoms with Crippen LogP contribution in [0.25, 0.3) is 0 Å². The zero-order chi connectivity index (χ0) is 10.8. The fourth-order valence-electron chi connectivity index (χ4n) is 1.47. The maximum atomic E-state index is 10.8. The van der Waals surface area contributed by atoms with Gasteiger partial charge in [-0.2, -0.15) is 0 Å². The Morgan fingerprint density at radius 1 is 1.47 bits per heavy atom. The average molecular weight is 228 g/mol. The number of ether oxygens (including phenoxy) is 2. The van der Waals surface area contributed by atoms with E-state index in [2.05, 4.69) is 0 Å². The van der Waals surface area contributed by atoms with Crippen LogP contribution >= 0.6 is 0 Å². The summed E-state index contributed by atoms with van der Waals surface area (Å²) in [6, 6.07) is 5.56. The lowest BCUT2D eigenvalue weighted by molar-refractivity contribution is 0.174. The van der Waals surface area contributed by atoms with Crippen LogP contribution < -0.4 is 9.47 Å². The molecule has 15 heavy (non-hydrogen) atoms. The molecule has 2 atom stereocenters. The molecule has 2 unspecified atom stereocenters. The molecule has 1 N–H and O–H groups in total. The molecule has 0 spiro atoms. The molecule has 0 bridgehead atoms. The highest BCUT2D eigenvalue weighted by atomic mass is 32.2. The first-order valence-corrected chi connectivity index (χ1v) is 5.82. The molecule has 82 valence electrons. The molecule has 1 aliphatic rings. The minimum atomic E-state index is -1.78. The second kappa shape index (κ2) is 4.20. The number of rotatable bonds is 3. The normalized spacial score (nSPS) is 17.5. The first-order valence-electron chi connectivity index (χ1n) is 4.65. The van der Waals surface area contributed by atoms with E-state index < -0.39 is 11.1 Å². The van der Waals surface area contributed by atoms with Crippen LogP contribution in [0.5, 0.6) is 11.5 Å². The van der Waals surface area contributed by atoms with Crippen LogP contribution in [-0.4, -0.2) is 20.8 Å². The zero-order valence-electron chi connectivity index (χ0n) is 8.30. The molecule has 0 saturated carbocycles. The van der Waals surface area contributed by atoms with Gasteiger partial charge in [-0.15, -0.1) is 0 Å². The van der Waals surface area contributed by atoms with Crippen LogP contribution in [0.15, 0.2) is 18.2 Å². The van der Waals surface area contributed by atoms with Crippen molar-refractivity contribution in [2.24, 2.45) is 0 Å². The molecule has 0 saturated heterocycles. The van der Waals surface area contributed by atoms with E-state index >= 15 is 0 Å². The summed E-state index contributed by atoms with van der Waals surface area (Å²) < 4.78 is 30.1. The highest BCUT2D eigenvalue weighted by Gasteiger charge is 2.15. The number of hydrogen-bond acceptors (Lipinski definition) is 3. The first kappa shape index (κ1) is 10.4. The van der Waals surface area contributed by atoms with Crippen LogP contribution in [0.4, 0.5) is 0 Å². The van der Waals surface area contributed by atoms with Gasteiger partial charge < -0.3 is 14.0 Å². The maximum absolute atomic E-state index is 10.8. The summed E-state index contributed by atoms with van der Waals surface area (Å²) in [7, 11) is 0. The summed E-state index contributed by atoms with van der Waals surface area (Å²) in [5.41, 5.74) is 0.981. The number of benzene rings is 1. The molecule has 0 fully saturated rings. The minimum absolute atomic E-state index is 0.250. The van der Waals surface area contributed by atoms with Crippen LogP contribution in [0.3, 0.4) is 0 Å². The summed E-state index contributed by atoms with van der Waals surface area (Å²) in [6.07, 6.45) is 0.555. The van der Waals surface area contributed by atoms with E-state index in [-0.39, 0.29) is 12.0 Å². The van der Waals surface area contributed by atoms with Crippen LogP contribution in [-0.2, 0) is 17.5 Å². The Labute approximate surface area is 90.5 Å². The van der Waals surface area contributed by atoms with Crippen molar-refractivity contribution in [3.05, 3.63) is 23.8 Å². The van der Waals surface area contributed by atoms with Crippen LogP contribution in [0.1, 0.15) is 12.5 Å². The molecule has 0 aliphatic carbocycles. The van der Waals surface area contributed by atoms with Gasteiger partial charge in [0.05, 0.1) is 5.25 Å². The van der Waals surface area contributed by atoms with E-state index in [1.165, 1.54) is 0 Å². The third-order valence-corrected chi connectivity index (χ3v) is 3.16. The monoisotopic (exact) mass is 228 g/mol. The van der Waals surface area contributed by atoms with Gasteiger partial charge in [-0.25, -0.2) is 4.21 Å². The van der Waals surface area contributed by atoms with Crippen LogP contribution in [0, 0.1) is 0 Å². The van der Waals surface area contributed by atoms with E-state index in [9.17, 15) is 4.21 Å². The molecule has 2 rings (SSSR count). The van der Waals surface area contributed by atoms with Gasteiger partial charge in [0.15, 0.2) is 22.6 Å². The number of hydrogen-bond donors (Lipinski definition) is 1. The highest BCUT2D eigenvalue weighted by molar-refractivity contribution is 7.79. The number of fused-ring (bicyclic) bond motifs is 1. The molecule has 5 heteroatoms. The van der Waals surface area contributed by atoms with Gasteiger partial charge >= 0.3 is 0 Å². The highest BCUT2D eigenvalue weighted by Crippen LogP contribution is 2.32. The van der Waals surface area contributed by atoms with E-state index in [4.69, 9.17) is 14.0 Å². The Morgan fingerprint density at radius 2 is 2.20 bits per heavy atom. The van der Waals surface area contributed by atoms with Crippen molar-refractivity contribution in [3.63, 3.8) is 0 Å².